The molecule has 182 valence electrons. The Hall–Kier alpha value is -3.51. The molecule has 0 unspecified atom stereocenters. The average Bonchev–Trinajstić information content (AvgIpc) is 2.94. The zero-order chi connectivity index (χ0) is 24.9. The molecule has 1 saturated heterocycles. The number of carboxylic acid groups (broad SMARTS) is 1. The van der Waals surface area contributed by atoms with E-state index in [0.717, 1.165) is 32.2 Å². The van der Waals surface area contributed by atoms with Crippen LogP contribution in [0, 0.1) is 0 Å². The third-order valence-corrected chi connectivity index (χ3v) is 5.43. The molecule has 0 atom stereocenters. The smallest absolute Gasteiger partial charge is 0.416 e. The molecule has 34 heavy (non-hydrogen) atoms. The number of anilines is 1. The largest absolute Gasteiger partial charge is 0.507 e. The van der Waals surface area contributed by atoms with Crippen LogP contribution in [-0.4, -0.2) is 88.0 Å². The summed E-state index contributed by atoms with van der Waals surface area (Å²) in [4.78, 5) is 17.0. The van der Waals surface area contributed by atoms with Crippen LogP contribution in [0.15, 0.2) is 36.7 Å². The first-order valence-corrected chi connectivity index (χ1v) is 10.4. The number of pyridine rings is 1. The van der Waals surface area contributed by atoms with E-state index in [0.29, 0.717) is 28.4 Å². The fourth-order valence-corrected chi connectivity index (χ4v) is 3.83. The summed E-state index contributed by atoms with van der Waals surface area (Å²) in [6, 6.07) is 4.67. The minimum absolute atomic E-state index is 0.112. The van der Waals surface area contributed by atoms with Gasteiger partial charge in [-0.25, -0.2) is 0 Å². The maximum absolute atomic E-state index is 13.0. The minimum Gasteiger partial charge on any atom is -0.507 e. The highest BCUT2D eigenvalue weighted by molar-refractivity contribution is 6.00. The average molecular weight is 478 g/mol. The Bertz CT molecular complexity index is 1130. The van der Waals surface area contributed by atoms with Gasteiger partial charge in [0.05, 0.1) is 11.6 Å². The third kappa shape index (κ3) is 5.88. The molecule has 9 nitrogen and oxygen atoms in total. The van der Waals surface area contributed by atoms with Crippen molar-refractivity contribution in [1.29, 1.82) is 0 Å². The van der Waals surface area contributed by atoms with E-state index in [-0.39, 0.29) is 18.1 Å². The number of rotatable bonds is 3. The topological polar surface area (TPSA) is 115 Å². The lowest BCUT2D eigenvalue weighted by Crippen LogP contribution is -2.37. The van der Waals surface area contributed by atoms with Gasteiger partial charge in [0.2, 0.25) is 0 Å². The number of fused-ring (bicyclic) bond motifs is 1. The number of likely N-dealkylation sites (N-methyl/N-ethyl adjacent to an activating group) is 2. The number of alkyl halides is 3. The molecule has 12 heteroatoms. The van der Waals surface area contributed by atoms with E-state index in [1.54, 1.807) is 18.5 Å². The van der Waals surface area contributed by atoms with Crippen LogP contribution in [0.5, 0.6) is 5.75 Å². The number of carbonyl (C=O) groups is 1. The van der Waals surface area contributed by atoms with Crippen molar-refractivity contribution in [2.24, 2.45) is 0 Å². The molecule has 1 aliphatic rings. The molecule has 3 heterocycles. The summed E-state index contributed by atoms with van der Waals surface area (Å²) in [6.45, 7) is 3.34. The van der Waals surface area contributed by atoms with Crippen molar-refractivity contribution >= 4 is 23.1 Å². The third-order valence-electron chi connectivity index (χ3n) is 5.43. The number of phenols is 1. The number of aromatic hydroxyl groups is 1. The summed E-state index contributed by atoms with van der Waals surface area (Å²) in [6.07, 6.45) is -1.33. The Morgan fingerprint density at radius 3 is 2.32 bits per heavy atom. The van der Waals surface area contributed by atoms with E-state index in [1.165, 1.54) is 6.07 Å². The number of benzene rings is 1. The predicted octanol–water partition coefficient (Wildman–Crippen LogP) is 2.77. The highest BCUT2D eigenvalue weighted by Crippen LogP contribution is 2.38. The Morgan fingerprint density at radius 1 is 1.09 bits per heavy atom. The number of nitrogens with one attached hydrogen (secondary N) is 1. The fourth-order valence-electron chi connectivity index (χ4n) is 3.83. The summed E-state index contributed by atoms with van der Waals surface area (Å²) >= 11 is 0. The SMILES string of the molecule is CN1CCN(C)CC(Nc2nnc(-c3ccc(C(F)(F)F)cc3O)c3ccncc23)C1.O=CO. The van der Waals surface area contributed by atoms with Gasteiger partial charge in [-0.1, -0.05) is 0 Å². The Balaban J connectivity index is 0.00000103. The summed E-state index contributed by atoms with van der Waals surface area (Å²) < 4.78 is 38.9. The van der Waals surface area contributed by atoms with Gasteiger partial charge in [0.25, 0.3) is 6.47 Å². The molecule has 0 spiro atoms. The molecule has 0 aliphatic carbocycles. The lowest BCUT2D eigenvalue weighted by molar-refractivity contribution is -0.137. The predicted molar refractivity (Wildman–Crippen MR) is 121 cm³/mol. The van der Waals surface area contributed by atoms with Crippen LogP contribution in [0.2, 0.25) is 0 Å². The molecule has 0 radical (unpaired) electrons. The van der Waals surface area contributed by atoms with Gasteiger partial charge < -0.3 is 25.3 Å². The quantitative estimate of drug-likeness (QED) is 0.489. The molecule has 0 amide bonds. The van der Waals surface area contributed by atoms with Gasteiger partial charge in [0, 0.05) is 54.9 Å². The van der Waals surface area contributed by atoms with Crippen molar-refractivity contribution in [1.82, 2.24) is 25.0 Å². The monoisotopic (exact) mass is 478 g/mol. The van der Waals surface area contributed by atoms with E-state index in [1.807, 2.05) is 0 Å². The van der Waals surface area contributed by atoms with Crippen LogP contribution < -0.4 is 5.32 Å². The minimum atomic E-state index is -4.54. The maximum Gasteiger partial charge on any atom is 0.416 e. The molecular formula is C22H25F3N6O3. The van der Waals surface area contributed by atoms with E-state index in [4.69, 9.17) is 9.90 Å². The summed E-state index contributed by atoms with van der Waals surface area (Å²) in [7, 11) is 4.13. The Kier molecular flexibility index (Phi) is 7.84. The number of hydrogen-bond donors (Lipinski definition) is 3. The second-order valence-electron chi connectivity index (χ2n) is 8.02. The standard InChI is InChI=1S/C21H23F3N6O.CH2O2/c1-29-7-8-30(2)12-14(11-29)26-20-17-10-25-6-5-15(17)19(27-28-20)16-4-3-13(9-18(16)31)21(22,23)24;2-1-3/h3-6,9-10,14,31H,7-8,11-12H2,1-2H3,(H,26,28);1H,(H,2,3). The molecule has 1 aromatic carbocycles. The van der Waals surface area contributed by atoms with Crippen LogP contribution >= 0.6 is 0 Å². The number of phenolic OH excluding ortho intramolecular Hbond substituents is 1. The van der Waals surface area contributed by atoms with Crippen molar-refractivity contribution in [3.63, 3.8) is 0 Å². The van der Waals surface area contributed by atoms with Gasteiger partial charge in [-0.2, -0.15) is 13.2 Å². The van der Waals surface area contributed by atoms with Crippen LogP contribution in [-0.2, 0) is 11.0 Å². The molecule has 0 saturated carbocycles. The number of aromatic nitrogens is 3. The van der Waals surface area contributed by atoms with Crippen LogP contribution in [0.4, 0.5) is 19.0 Å². The first-order chi connectivity index (χ1) is 16.1. The molecule has 3 aromatic rings. The molecule has 1 aliphatic heterocycles. The van der Waals surface area contributed by atoms with E-state index in [2.05, 4.69) is 44.4 Å². The first kappa shape index (κ1) is 25.1. The van der Waals surface area contributed by atoms with Gasteiger partial charge in [-0.3, -0.25) is 9.78 Å². The maximum atomic E-state index is 13.0. The molecule has 1 fully saturated rings. The highest BCUT2D eigenvalue weighted by Gasteiger charge is 2.31. The van der Waals surface area contributed by atoms with Crippen molar-refractivity contribution in [2.45, 2.75) is 12.2 Å². The number of hydrogen-bond acceptors (Lipinski definition) is 8. The first-order valence-electron chi connectivity index (χ1n) is 10.4. The fraction of sp³-hybridized carbons (Fsp3) is 0.364. The zero-order valence-electron chi connectivity index (χ0n) is 18.6. The molecule has 2 aromatic heterocycles. The molecular weight excluding hydrogens is 453 g/mol. The molecule has 0 bridgehead atoms. The van der Waals surface area contributed by atoms with Crippen molar-refractivity contribution in [2.75, 3.05) is 45.6 Å². The number of halogens is 3. The van der Waals surface area contributed by atoms with E-state index in [9.17, 15) is 18.3 Å². The van der Waals surface area contributed by atoms with E-state index >= 15 is 0 Å². The lowest BCUT2D eigenvalue weighted by atomic mass is 10.0. The van der Waals surface area contributed by atoms with Crippen LogP contribution in [0.3, 0.4) is 0 Å². The second kappa shape index (κ2) is 10.6. The van der Waals surface area contributed by atoms with Crippen molar-refractivity contribution in [3.8, 4) is 17.0 Å². The van der Waals surface area contributed by atoms with Gasteiger partial charge >= 0.3 is 6.18 Å². The van der Waals surface area contributed by atoms with Gasteiger partial charge in [-0.05, 0) is 38.4 Å². The highest BCUT2D eigenvalue weighted by atomic mass is 19.4. The lowest BCUT2D eigenvalue weighted by Gasteiger charge is -2.23. The summed E-state index contributed by atoms with van der Waals surface area (Å²) in [5, 5.41) is 30.5. The summed E-state index contributed by atoms with van der Waals surface area (Å²) in [5.41, 5.74) is -0.450. The Labute approximate surface area is 193 Å². The molecule has 3 N–H and O–H groups in total. The Morgan fingerprint density at radius 2 is 1.74 bits per heavy atom. The van der Waals surface area contributed by atoms with Crippen LogP contribution in [0.1, 0.15) is 5.56 Å². The summed E-state index contributed by atoms with van der Waals surface area (Å²) in [5.74, 6) is 0.0434. The molecule has 4 rings (SSSR count). The number of nitrogens with zero attached hydrogens (tertiary/aromatic N) is 5. The van der Waals surface area contributed by atoms with Gasteiger partial charge in [0.15, 0.2) is 5.82 Å². The van der Waals surface area contributed by atoms with Gasteiger partial charge in [-0.15, -0.1) is 10.2 Å². The zero-order valence-corrected chi connectivity index (χ0v) is 18.6. The van der Waals surface area contributed by atoms with Gasteiger partial charge in [0.1, 0.15) is 11.4 Å². The van der Waals surface area contributed by atoms with Crippen molar-refractivity contribution in [3.05, 3.63) is 42.2 Å². The normalized spacial score (nSPS) is 15.9. The van der Waals surface area contributed by atoms with Crippen LogP contribution in [0.25, 0.3) is 22.0 Å². The van der Waals surface area contributed by atoms with E-state index < -0.39 is 17.5 Å². The second-order valence-corrected chi connectivity index (χ2v) is 8.02. The van der Waals surface area contributed by atoms with Crippen molar-refractivity contribution < 1.29 is 28.2 Å².